The van der Waals surface area contributed by atoms with Gasteiger partial charge in [-0.3, -0.25) is 14.9 Å². The first-order chi connectivity index (χ1) is 15.8. The van der Waals surface area contributed by atoms with Crippen molar-refractivity contribution >= 4 is 39.8 Å². The number of fused-ring (bicyclic) bond motifs is 1. The van der Waals surface area contributed by atoms with Gasteiger partial charge in [-0.05, 0) is 41.5 Å². The summed E-state index contributed by atoms with van der Waals surface area (Å²) in [4.78, 5) is 28.8. The maximum Gasteiger partial charge on any atom is 0.288 e. The normalized spacial score (nSPS) is 11.8. The lowest BCUT2D eigenvalue weighted by molar-refractivity contribution is -0.384. The number of H-pyrrole nitrogens is 1. The lowest BCUT2D eigenvalue weighted by atomic mass is 9.90. The predicted molar refractivity (Wildman–Crippen MR) is 131 cm³/mol. The van der Waals surface area contributed by atoms with Crippen molar-refractivity contribution in [3.8, 4) is 0 Å². The van der Waals surface area contributed by atoms with Crippen molar-refractivity contribution in [2.45, 2.75) is 5.92 Å². The van der Waals surface area contributed by atoms with Crippen LogP contribution in [-0.2, 0) is 0 Å². The molecule has 1 aromatic heterocycles. The molecule has 168 valence electrons. The number of benzene rings is 3. The van der Waals surface area contributed by atoms with Gasteiger partial charge in [0.1, 0.15) is 5.02 Å². The van der Waals surface area contributed by atoms with Gasteiger partial charge < -0.3 is 15.2 Å². The van der Waals surface area contributed by atoms with E-state index in [1.54, 1.807) is 0 Å². The van der Waals surface area contributed by atoms with Gasteiger partial charge in [0.2, 0.25) is 0 Å². The molecule has 0 aliphatic rings. The number of nitrogens with zero attached hydrogens (tertiary/aromatic N) is 2. The molecule has 4 rings (SSSR count). The topological polar surface area (TPSA) is 91.3 Å². The molecular formula is C25H23ClN4O3. The summed E-state index contributed by atoms with van der Waals surface area (Å²) in [5.41, 5.74) is 4.10. The number of carbonyl (C=O) groups excluding carboxylic acids is 1. The third kappa shape index (κ3) is 4.68. The van der Waals surface area contributed by atoms with E-state index in [4.69, 9.17) is 11.6 Å². The number of aromatic nitrogens is 1. The summed E-state index contributed by atoms with van der Waals surface area (Å²) in [6.07, 6.45) is 1.97. The Bertz CT molecular complexity index is 1310. The summed E-state index contributed by atoms with van der Waals surface area (Å²) in [6, 6.07) is 20.3. The third-order valence-corrected chi connectivity index (χ3v) is 6.00. The van der Waals surface area contributed by atoms with Crippen LogP contribution in [0.4, 0.5) is 11.4 Å². The number of aromatic amines is 1. The second-order valence-electron chi connectivity index (χ2n) is 7.96. The molecule has 0 unspecified atom stereocenters. The first-order valence-electron chi connectivity index (χ1n) is 10.4. The molecule has 0 radical (unpaired) electrons. The predicted octanol–water partition coefficient (Wildman–Crippen LogP) is 5.36. The van der Waals surface area contributed by atoms with Crippen molar-refractivity contribution in [3.63, 3.8) is 0 Å². The van der Waals surface area contributed by atoms with Gasteiger partial charge in [0.15, 0.2) is 0 Å². The number of amides is 1. The van der Waals surface area contributed by atoms with E-state index < -0.39 is 10.8 Å². The Morgan fingerprint density at radius 2 is 1.85 bits per heavy atom. The van der Waals surface area contributed by atoms with Crippen LogP contribution in [-0.4, -0.2) is 36.5 Å². The van der Waals surface area contributed by atoms with Gasteiger partial charge in [-0.25, -0.2) is 0 Å². The molecule has 0 saturated carbocycles. The summed E-state index contributed by atoms with van der Waals surface area (Å²) in [7, 11) is 3.97. The fraction of sp³-hybridized carbons (Fsp3) is 0.160. The maximum absolute atomic E-state index is 12.9. The fourth-order valence-corrected chi connectivity index (χ4v) is 4.07. The summed E-state index contributed by atoms with van der Waals surface area (Å²) < 4.78 is 0. The van der Waals surface area contributed by atoms with E-state index in [1.807, 2.05) is 61.6 Å². The molecule has 1 atom stereocenters. The summed E-state index contributed by atoms with van der Waals surface area (Å²) in [5, 5.41) is 15.2. The minimum Gasteiger partial charge on any atom is -0.378 e. The highest BCUT2D eigenvalue weighted by Gasteiger charge is 2.21. The smallest absolute Gasteiger partial charge is 0.288 e. The number of halogens is 1. The monoisotopic (exact) mass is 462 g/mol. The molecule has 0 aliphatic carbocycles. The van der Waals surface area contributed by atoms with Gasteiger partial charge in [-0.15, -0.1) is 0 Å². The summed E-state index contributed by atoms with van der Waals surface area (Å²) in [6.45, 7) is 0.318. The zero-order chi connectivity index (χ0) is 23.5. The second-order valence-corrected chi connectivity index (χ2v) is 8.37. The van der Waals surface area contributed by atoms with E-state index in [9.17, 15) is 14.9 Å². The van der Waals surface area contributed by atoms with E-state index >= 15 is 0 Å². The van der Waals surface area contributed by atoms with Gasteiger partial charge >= 0.3 is 0 Å². The first-order valence-corrected chi connectivity index (χ1v) is 10.8. The van der Waals surface area contributed by atoms with E-state index in [-0.39, 0.29) is 22.2 Å². The van der Waals surface area contributed by atoms with Crippen molar-refractivity contribution in [3.05, 3.63) is 105 Å². The van der Waals surface area contributed by atoms with Crippen LogP contribution in [0.3, 0.4) is 0 Å². The van der Waals surface area contributed by atoms with Crippen LogP contribution >= 0.6 is 11.6 Å². The zero-order valence-electron chi connectivity index (χ0n) is 18.2. The van der Waals surface area contributed by atoms with E-state index in [0.29, 0.717) is 6.54 Å². The number of nitro benzene ring substituents is 1. The van der Waals surface area contributed by atoms with Gasteiger partial charge in [-0.1, -0.05) is 41.9 Å². The van der Waals surface area contributed by atoms with E-state index in [2.05, 4.69) is 22.4 Å². The Kier molecular flexibility index (Phi) is 6.33. The highest BCUT2D eigenvalue weighted by molar-refractivity contribution is 6.32. The maximum atomic E-state index is 12.9. The largest absolute Gasteiger partial charge is 0.378 e. The molecule has 2 N–H and O–H groups in total. The van der Waals surface area contributed by atoms with Crippen molar-refractivity contribution in [2.24, 2.45) is 0 Å². The van der Waals surface area contributed by atoms with Crippen LogP contribution in [0.5, 0.6) is 0 Å². The molecule has 1 amide bonds. The van der Waals surface area contributed by atoms with Gasteiger partial charge in [0.25, 0.3) is 11.6 Å². The van der Waals surface area contributed by atoms with Gasteiger partial charge in [0, 0.05) is 61.0 Å². The number of rotatable bonds is 7. The molecule has 7 nitrogen and oxygen atoms in total. The molecule has 3 aromatic carbocycles. The number of hydrogen-bond donors (Lipinski definition) is 2. The number of nitro groups is 1. The molecule has 8 heteroatoms. The van der Waals surface area contributed by atoms with Crippen LogP contribution in [0, 0.1) is 10.1 Å². The quantitative estimate of drug-likeness (QED) is 0.286. The van der Waals surface area contributed by atoms with Gasteiger partial charge in [0.05, 0.1) is 4.92 Å². The van der Waals surface area contributed by atoms with Crippen LogP contribution in [0.15, 0.2) is 72.9 Å². The van der Waals surface area contributed by atoms with Crippen molar-refractivity contribution in [1.29, 1.82) is 0 Å². The SMILES string of the molecule is CN(C)c1ccc([C@H](CNC(=O)c2ccc(Cl)c([N+](=O)[O-])c2)c2c[nH]c3ccccc23)cc1. The lowest BCUT2D eigenvalue weighted by Gasteiger charge is -2.20. The molecule has 1 heterocycles. The Balaban J connectivity index is 1.65. The third-order valence-electron chi connectivity index (χ3n) is 5.68. The van der Waals surface area contributed by atoms with Crippen LogP contribution in [0.1, 0.15) is 27.4 Å². The number of nitrogens with one attached hydrogen (secondary N) is 2. The van der Waals surface area contributed by atoms with Crippen molar-refractivity contribution < 1.29 is 9.72 Å². The molecule has 4 aromatic rings. The molecule has 33 heavy (non-hydrogen) atoms. The fourth-order valence-electron chi connectivity index (χ4n) is 3.89. The molecular weight excluding hydrogens is 440 g/mol. The number of para-hydroxylation sites is 1. The lowest BCUT2D eigenvalue weighted by Crippen LogP contribution is -2.29. The molecule has 0 fully saturated rings. The average molecular weight is 463 g/mol. The highest BCUT2D eigenvalue weighted by atomic mass is 35.5. The van der Waals surface area contributed by atoms with Gasteiger partial charge in [-0.2, -0.15) is 0 Å². The number of anilines is 1. The highest BCUT2D eigenvalue weighted by Crippen LogP contribution is 2.32. The van der Waals surface area contributed by atoms with Crippen LogP contribution < -0.4 is 10.2 Å². The second kappa shape index (κ2) is 9.34. The van der Waals surface area contributed by atoms with E-state index in [1.165, 1.54) is 18.2 Å². The van der Waals surface area contributed by atoms with E-state index in [0.717, 1.165) is 27.7 Å². The van der Waals surface area contributed by atoms with Crippen molar-refractivity contribution in [2.75, 3.05) is 25.5 Å². The average Bonchev–Trinajstić information content (AvgIpc) is 3.23. The molecule has 0 aliphatic heterocycles. The summed E-state index contributed by atoms with van der Waals surface area (Å²) in [5.74, 6) is -0.520. The number of hydrogen-bond acceptors (Lipinski definition) is 4. The van der Waals surface area contributed by atoms with Crippen molar-refractivity contribution in [1.82, 2.24) is 10.3 Å². The molecule has 0 bridgehead atoms. The summed E-state index contributed by atoms with van der Waals surface area (Å²) >= 11 is 5.88. The minimum atomic E-state index is -0.597. The Labute approximate surface area is 196 Å². The minimum absolute atomic E-state index is 0.00537. The Morgan fingerprint density at radius 3 is 2.55 bits per heavy atom. The number of carbonyl (C=O) groups is 1. The Morgan fingerprint density at radius 1 is 1.12 bits per heavy atom. The Hall–Kier alpha value is -3.84. The van der Waals surface area contributed by atoms with Crippen LogP contribution in [0.2, 0.25) is 5.02 Å². The molecule has 0 spiro atoms. The van der Waals surface area contributed by atoms with Crippen LogP contribution in [0.25, 0.3) is 10.9 Å². The standard InChI is InChI=1S/C25H23ClN4O3/c1-29(2)18-10-7-16(8-11-18)20(21-15-27-23-6-4-3-5-19(21)23)14-28-25(31)17-9-12-22(26)24(13-17)30(32)33/h3-13,15,20,27H,14H2,1-2H3,(H,28,31)/t20-/m0/s1. The first kappa shape index (κ1) is 22.4. The molecule has 0 saturated heterocycles. The zero-order valence-corrected chi connectivity index (χ0v) is 19.0.